The van der Waals surface area contributed by atoms with E-state index in [-0.39, 0.29) is 45.9 Å². The molecule has 0 radical (unpaired) electrons. The van der Waals surface area contributed by atoms with Crippen LogP contribution >= 0.6 is 0 Å². The topological polar surface area (TPSA) is 99.2 Å². The van der Waals surface area contributed by atoms with E-state index in [0.717, 1.165) is 18.4 Å². The summed E-state index contributed by atoms with van der Waals surface area (Å²) in [6.07, 6.45) is 1.59. The highest BCUT2D eigenvalue weighted by Gasteiger charge is 2.36. The largest absolute Gasteiger partial charge is 0.497 e. The monoisotopic (exact) mass is 507 g/mol. The third kappa shape index (κ3) is 4.47. The van der Waals surface area contributed by atoms with E-state index in [1.807, 2.05) is 6.07 Å². The molecule has 1 unspecified atom stereocenters. The summed E-state index contributed by atoms with van der Waals surface area (Å²) >= 11 is 0. The van der Waals surface area contributed by atoms with Gasteiger partial charge in [-0.05, 0) is 60.9 Å². The molecule has 36 heavy (non-hydrogen) atoms. The SMILES string of the molecule is COc1cccc(CN2C(=O)c3ccccc3S(=O)(=O)c3ccc(C(=O)OCC4CCCO4)cc32)c1. The van der Waals surface area contributed by atoms with Crippen LogP contribution in [0.4, 0.5) is 5.69 Å². The molecule has 1 atom stereocenters. The molecule has 1 fully saturated rings. The Morgan fingerprint density at radius 2 is 1.89 bits per heavy atom. The van der Waals surface area contributed by atoms with Crippen molar-refractivity contribution in [2.24, 2.45) is 0 Å². The number of amides is 1. The second-order valence-corrected chi connectivity index (χ2v) is 10.5. The van der Waals surface area contributed by atoms with Crippen molar-refractivity contribution >= 4 is 27.4 Å². The maximum Gasteiger partial charge on any atom is 0.338 e. The fourth-order valence-corrected chi connectivity index (χ4v) is 6.10. The smallest absolute Gasteiger partial charge is 0.338 e. The highest BCUT2D eigenvalue weighted by Crippen LogP contribution is 2.38. The molecular formula is C27H25NO7S. The lowest BCUT2D eigenvalue weighted by atomic mass is 10.1. The first kappa shape index (κ1) is 24.0. The normalized spacial score (nSPS) is 18.2. The number of hydrogen-bond acceptors (Lipinski definition) is 7. The Hall–Kier alpha value is -3.69. The number of hydrogen-bond donors (Lipinski definition) is 0. The van der Waals surface area contributed by atoms with Crippen molar-refractivity contribution in [3.63, 3.8) is 0 Å². The summed E-state index contributed by atoms with van der Waals surface area (Å²) in [6, 6.07) is 17.5. The van der Waals surface area contributed by atoms with Gasteiger partial charge in [0.15, 0.2) is 0 Å². The van der Waals surface area contributed by atoms with Crippen molar-refractivity contribution in [2.75, 3.05) is 25.2 Å². The molecule has 0 saturated carbocycles. The Kier molecular flexibility index (Phi) is 6.51. The van der Waals surface area contributed by atoms with Gasteiger partial charge >= 0.3 is 5.97 Å². The van der Waals surface area contributed by atoms with Crippen molar-refractivity contribution in [3.05, 3.63) is 83.4 Å². The van der Waals surface area contributed by atoms with Gasteiger partial charge in [-0.15, -0.1) is 0 Å². The minimum Gasteiger partial charge on any atom is -0.497 e. The number of rotatable bonds is 6. The van der Waals surface area contributed by atoms with E-state index in [0.29, 0.717) is 12.4 Å². The van der Waals surface area contributed by atoms with Gasteiger partial charge in [0.05, 0.1) is 46.4 Å². The molecule has 8 nitrogen and oxygen atoms in total. The summed E-state index contributed by atoms with van der Waals surface area (Å²) in [5, 5.41) is 0. The van der Waals surface area contributed by atoms with E-state index in [4.69, 9.17) is 14.2 Å². The van der Waals surface area contributed by atoms with Crippen LogP contribution in [0.25, 0.3) is 0 Å². The van der Waals surface area contributed by atoms with Gasteiger partial charge in [-0.3, -0.25) is 4.79 Å². The van der Waals surface area contributed by atoms with Gasteiger partial charge in [-0.1, -0.05) is 24.3 Å². The second-order valence-electron chi connectivity index (χ2n) is 8.66. The molecule has 0 aliphatic carbocycles. The maximum absolute atomic E-state index is 13.7. The lowest BCUT2D eigenvalue weighted by Crippen LogP contribution is -2.30. The molecule has 5 rings (SSSR count). The Bertz CT molecular complexity index is 1430. The van der Waals surface area contributed by atoms with Crippen molar-refractivity contribution in [3.8, 4) is 5.75 Å². The summed E-state index contributed by atoms with van der Waals surface area (Å²) in [7, 11) is -2.49. The number of carbonyl (C=O) groups excluding carboxylic acids is 2. The zero-order valence-corrected chi connectivity index (χ0v) is 20.5. The van der Waals surface area contributed by atoms with Crippen molar-refractivity contribution in [1.29, 1.82) is 0 Å². The quantitative estimate of drug-likeness (QED) is 0.465. The van der Waals surface area contributed by atoms with Crippen LogP contribution in [-0.2, 0) is 25.9 Å². The predicted octanol–water partition coefficient (Wildman–Crippen LogP) is 4.02. The summed E-state index contributed by atoms with van der Waals surface area (Å²) in [4.78, 5) is 27.8. The van der Waals surface area contributed by atoms with Crippen LogP contribution in [0.5, 0.6) is 5.75 Å². The zero-order valence-electron chi connectivity index (χ0n) is 19.7. The number of esters is 1. The van der Waals surface area contributed by atoms with E-state index in [2.05, 4.69) is 0 Å². The van der Waals surface area contributed by atoms with Crippen LogP contribution in [0.15, 0.2) is 76.5 Å². The molecule has 0 spiro atoms. The number of carbonyl (C=O) groups is 2. The molecule has 1 amide bonds. The van der Waals surface area contributed by atoms with Crippen LogP contribution in [0.3, 0.4) is 0 Å². The number of fused-ring (bicyclic) bond motifs is 2. The fraction of sp³-hybridized carbons (Fsp3) is 0.259. The number of ether oxygens (including phenoxy) is 3. The Labute approximate surface area is 209 Å². The van der Waals surface area contributed by atoms with Gasteiger partial charge in [0.1, 0.15) is 12.4 Å². The first-order valence-corrected chi connectivity index (χ1v) is 13.1. The van der Waals surface area contributed by atoms with Crippen LogP contribution in [-0.4, -0.2) is 46.7 Å². The molecule has 3 aromatic rings. The maximum atomic E-state index is 13.7. The molecule has 0 N–H and O–H groups in total. The molecule has 1 saturated heterocycles. The van der Waals surface area contributed by atoms with Crippen LogP contribution < -0.4 is 9.64 Å². The highest BCUT2D eigenvalue weighted by atomic mass is 32.2. The number of methoxy groups -OCH3 is 1. The predicted molar refractivity (Wildman–Crippen MR) is 131 cm³/mol. The molecule has 3 aromatic carbocycles. The minimum absolute atomic E-state index is 0.0561. The first-order chi connectivity index (χ1) is 17.4. The van der Waals surface area contributed by atoms with Gasteiger partial charge in [-0.2, -0.15) is 0 Å². The minimum atomic E-state index is -4.04. The number of anilines is 1. The van der Waals surface area contributed by atoms with E-state index in [1.165, 1.54) is 35.2 Å². The van der Waals surface area contributed by atoms with Gasteiger partial charge in [0.2, 0.25) is 9.84 Å². The summed E-state index contributed by atoms with van der Waals surface area (Å²) in [5.74, 6) is -0.490. The van der Waals surface area contributed by atoms with Crippen LogP contribution in [0, 0.1) is 0 Å². The van der Waals surface area contributed by atoms with Gasteiger partial charge in [0.25, 0.3) is 5.91 Å². The molecule has 9 heteroatoms. The Morgan fingerprint density at radius 1 is 1.06 bits per heavy atom. The Balaban J connectivity index is 1.58. The zero-order chi connectivity index (χ0) is 25.3. The van der Waals surface area contributed by atoms with Crippen molar-refractivity contribution in [2.45, 2.75) is 35.3 Å². The summed E-state index contributed by atoms with van der Waals surface area (Å²) < 4.78 is 43.5. The van der Waals surface area contributed by atoms with Gasteiger partial charge in [-0.25, -0.2) is 13.2 Å². The summed E-state index contributed by atoms with van der Waals surface area (Å²) in [6.45, 7) is 0.828. The molecule has 186 valence electrons. The first-order valence-electron chi connectivity index (χ1n) is 11.6. The van der Waals surface area contributed by atoms with E-state index in [9.17, 15) is 18.0 Å². The molecule has 2 aliphatic heterocycles. The third-order valence-electron chi connectivity index (χ3n) is 6.33. The van der Waals surface area contributed by atoms with Crippen molar-refractivity contribution < 1.29 is 32.2 Å². The third-order valence-corrected chi connectivity index (χ3v) is 8.19. The van der Waals surface area contributed by atoms with E-state index >= 15 is 0 Å². The lowest BCUT2D eigenvalue weighted by molar-refractivity contribution is 0.0161. The Morgan fingerprint density at radius 3 is 2.67 bits per heavy atom. The second kappa shape index (κ2) is 9.75. The van der Waals surface area contributed by atoms with E-state index in [1.54, 1.807) is 37.4 Å². The fourth-order valence-electron chi connectivity index (χ4n) is 4.47. The van der Waals surface area contributed by atoms with Crippen LogP contribution in [0.2, 0.25) is 0 Å². The van der Waals surface area contributed by atoms with E-state index < -0.39 is 21.7 Å². The van der Waals surface area contributed by atoms with Gasteiger partial charge in [0, 0.05) is 6.61 Å². The number of nitrogens with zero attached hydrogens (tertiary/aromatic N) is 1. The average molecular weight is 508 g/mol. The molecule has 2 heterocycles. The molecule has 0 aromatic heterocycles. The standard InChI is InChI=1S/C27H25NO7S/c1-33-20-7-4-6-18(14-20)16-28-23-15-19(27(30)35-17-21-8-5-13-34-21)11-12-25(23)36(31,32)24-10-3-2-9-22(24)26(28)29/h2-4,6-7,9-12,14-15,21H,5,8,13,16-17H2,1H3. The van der Waals surface area contributed by atoms with Crippen LogP contribution in [0.1, 0.15) is 39.1 Å². The molecule has 2 aliphatic rings. The highest BCUT2D eigenvalue weighted by molar-refractivity contribution is 7.91. The molecular weight excluding hydrogens is 482 g/mol. The molecule has 0 bridgehead atoms. The lowest BCUT2D eigenvalue weighted by Gasteiger charge is -2.23. The van der Waals surface area contributed by atoms with Crippen molar-refractivity contribution in [1.82, 2.24) is 0 Å². The number of sulfone groups is 1. The summed E-state index contributed by atoms with van der Waals surface area (Å²) in [5.41, 5.74) is 1.07. The van der Waals surface area contributed by atoms with Gasteiger partial charge < -0.3 is 19.1 Å². The number of benzene rings is 3. The average Bonchev–Trinajstić information content (AvgIpc) is 3.41.